The fourth-order valence-corrected chi connectivity index (χ4v) is 5.34. The third-order valence-corrected chi connectivity index (χ3v) is 7.00. The van der Waals surface area contributed by atoms with Crippen LogP contribution in [-0.4, -0.2) is 30.2 Å². The van der Waals surface area contributed by atoms with E-state index in [0.29, 0.717) is 22.9 Å². The Bertz CT molecular complexity index is 1370. The molecule has 4 aromatic rings. The minimum Gasteiger partial charge on any atom is -0.293 e. The first-order valence-corrected chi connectivity index (χ1v) is 11.7. The molecule has 0 bridgehead atoms. The van der Waals surface area contributed by atoms with E-state index in [2.05, 4.69) is 22.3 Å². The molecule has 2 aromatic carbocycles. The van der Waals surface area contributed by atoms with E-state index < -0.39 is 0 Å². The molecule has 0 spiro atoms. The Labute approximate surface area is 184 Å². The molecule has 1 atom stereocenters. The number of Topliss-reactive ketones (excluding diaryl/α,β-unsaturated/α-hetero) is 1. The zero-order valence-electron chi connectivity index (χ0n) is 17.7. The minimum absolute atomic E-state index is 0.0591. The standard InChI is InChI=1S/C24H24N4O2S/c1-3-13-27-22(30)19-9-4-5-10-20(19)28-23(27)25-26-24(28)31-15(2)21(29)18-12-11-16-7-6-8-17(16)14-18/h4-5,9-12,14-15H,3,6-8,13H2,1-2H3. The topological polar surface area (TPSA) is 69.3 Å². The van der Waals surface area contributed by atoms with E-state index in [4.69, 9.17) is 0 Å². The van der Waals surface area contributed by atoms with Gasteiger partial charge < -0.3 is 0 Å². The fraction of sp³-hybridized carbons (Fsp3) is 0.333. The number of rotatable bonds is 6. The van der Waals surface area contributed by atoms with Crippen LogP contribution in [-0.2, 0) is 19.4 Å². The molecule has 0 N–H and O–H groups in total. The lowest BCUT2D eigenvalue weighted by Gasteiger charge is -2.13. The number of para-hydroxylation sites is 1. The number of hydrogen-bond donors (Lipinski definition) is 0. The van der Waals surface area contributed by atoms with Crippen molar-refractivity contribution in [1.82, 2.24) is 19.2 Å². The van der Waals surface area contributed by atoms with Crippen molar-refractivity contribution in [2.75, 3.05) is 0 Å². The van der Waals surface area contributed by atoms with Gasteiger partial charge in [-0.05, 0) is 61.9 Å². The van der Waals surface area contributed by atoms with Gasteiger partial charge in [-0.25, -0.2) is 0 Å². The molecule has 0 saturated carbocycles. The number of nitrogens with zero attached hydrogens (tertiary/aromatic N) is 4. The average molecular weight is 433 g/mol. The molecule has 31 heavy (non-hydrogen) atoms. The molecule has 5 rings (SSSR count). The Morgan fingerprint density at radius 2 is 1.94 bits per heavy atom. The summed E-state index contributed by atoms with van der Waals surface area (Å²) in [7, 11) is 0. The second-order valence-electron chi connectivity index (χ2n) is 8.05. The van der Waals surface area contributed by atoms with E-state index in [1.807, 2.05) is 48.6 Å². The number of carbonyl (C=O) groups excluding carboxylic acids is 1. The van der Waals surface area contributed by atoms with Crippen LogP contribution in [0.1, 0.15) is 48.2 Å². The molecule has 0 aliphatic heterocycles. The van der Waals surface area contributed by atoms with Crippen LogP contribution in [0.5, 0.6) is 0 Å². The lowest BCUT2D eigenvalue weighted by Crippen LogP contribution is -2.23. The van der Waals surface area contributed by atoms with Crippen LogP contribution in [0.25, 0.3) is 16.7 Å². The quantitative estimate of drug-likeness (QED) is 0.335. The Balaban J connectivity index is 1.55. The Morgan fingerprint density at radius 3 is 2.77 bits per heavy atom. The maximum absolute atomic E-state index is 13.2. The van der Waals surface area contributed by atoms with Crippen LogP contribution in [0.3, 0.4) is 0 Å². The van der Waals surface area contributed by atoms with Crippen LogP contribution in [0.15, 0.2) is 52.4 Å². The maximum Gasteiger partial charge on any atom is 0.262 e. The van der Waals surface area contributed by atoms with Gasteiger partial charge in [-0.15, -0.1) is 10.2 Å². The van der Waals surface area contributed by atoms with Crippen LogP contribution in [0.2, 0.25) is 0 Å². The van der Waals surface area contributed by atoms with Gasteiger partial charge in [-0.3, -0.25) is 18.6 Å². The summed E-state index contributed by atoms with van der Waals surface area (Å²) in [4.78, 5) is 26.1. The predicted molar refractivity (Wildman–Crippen MR) is 123 cm³/mol. The molecule has 1 aliphatic carbocycles. The highest BCUT2D eigenvalue weighted by molar-refractivity contribution is 8.00. The highest BCUT2D eigenvalue weighted by atomic mass is 32.2. The van der Waals surface area contributed by atoms with Gasteiger partial charge in [0, 0.05) is 12.1 Å². The highest BCUT2D eigenvalue weighted by Gasteiger charge is 2.23. The lowest BCUT2D eigenvalue weighted by molar-refractivity contribution is 0.0993. The molecule has 2 aromatic heterocycles. The van der Waals surface area contributed by atoms with E-state index in [1.54, 1.807) is 4.57 Å². The number of thioether (sulfide) groups is 1. The summed E-state index contributed by atoms with van der Waals surface area (Å²) in [6, 6.07) is 13.6. The molecule has 6 nitrogen and oxygen atoms in total. The van der Waals surface area contributed by atoms with E-state index in [0.717, 1.165) is 36.8 Å². The molecular weight excluding hydrogens is 408 g/mol. The van der Waals surface area contributed by atoms with Crippen molar-refractivity contribution in [3.63, 3.8) is 0 Å². The zero-order chi connectivity index (χ0) is 21.5. The van der Waals surface area contributed by atoms with Crippen molar-refractivity contribution >= 4 is 34.2 Å². The number of aryl methyl sites for hydroxylation is 3. The molecule has 0 radical (unpaired) electrons. The van der Waals surface area contributed by atoms with Crippen molar-refractivity contribution in [3.05, 3.63) is 69.5 Å². The summed E-state index contributed by atoms with van der Waals surface area (Å²) < 4.78 is 3.58. The molecule has 1 unspecified atom stereocenters. The molecule has 1 aliphatic rings. The summed E-state index contributed by atoms with van der Waals surface area (Å²) in [5.41, 5.74) is 4.11. The van der Waals surface area contributed by atoms with Gasteiger partial charge in [0.25, 0.3) is 5.56 Å². The van der Waals surface area contributed by atoms with Gasteiger partial charge in [0.05, 0.1) is 16.2 Å². The Kier molecular flexibility index (Phi) is 5.14. The largest absolute Gasteiger partial charge is 0.293 e. The van der Waals surface area contributed by atoms with Crippen LogP contribution < -0.4 is 5.56 Å². The maximum atomic E-state index is 13.2. The fourth-order valence-electron chi connectivity index (χ4n) is 4.41. The second kappa shape index (κ2) is 7.96. The van der Waals surface area contributed by atoms with Gasteiger partial charge in [-0.2, -0.15) is 0 Å². The summed E-state index contributed by atoms with van der Waals surface area (Å²) in [5, 5.41) is 9.62. The van der Waals surface area contributed by atoms with Gasteiger partial charge in [0.1, 0.15) is 0 Å². The number of fused-ring (bicyclic) bond motifs is 4. The van der Waals surface area contributed by atoms with Gasteiger partial charge in [-0.1, -0.05) is 43.0 Å². The number of carbonyl (C=O) groups is 1. The highest BCUT2D eigenvalue weighted by Crippen LogP contribution is 2.29. The number of ketones is 1. The van der Waals surface area contributed by atoms with Crippen molar-refractivity contribution < 1.29 is 4.79 Å². The van der Waals surface area contributed by atoms with Crippen molar-refractivity contribution in [1.29, 1.82) is 0 Å². The molecule has 0 fully saturated rings. The van der Waals surface area contributed by atoms with E-state index in [-0.39, 0.29) is 16.6 Å². The summed E-state index contributed by atoms with van der Waals surface area (Å²) in [6.45, 7) is 4.51. The zero-order valence-corrected chi connectivity index (χ0v) is 18.5. The monoisotopic (exact) mass is 432 g/mol. The average Bonchev–Trinajstić information content (AvgIpc) is 3.42. The SMILES string of the molecule is CCCn1c(=O)c2ccccc2n2c(SC(C)C(=O)c3ccc4c(c3)CCC4)nnc12. The Hall–Kier alpha value is -2.93. The molecular formula is C24H24N4O2S. The van der Waals surface area contributed by atoms with Crippen molar-refractivity contribution in [3.8, 4) is 0 Å². The summed E-state index contributed by atoms with van der Waals surface area (Å²) >= 11 is 1.39. The third-order valence-electron chi connectivity index (χ3n) is 5.96. The van der Waals surface area contributed by atoms with E-state index >= 15 is 0 Å². The first-order valence-electron chi connectivity index (χ1n) is 10.8. The van der Waals surface area contributed by atoms with Gasteiger partial charge in [0.15, 0.2) is 10.9 Å². The first-order chi connectivity index (χ1) is 15.1. The first kappa shape index (κ1) is 20.0. The Morgan fingerprint density at radius 1 is 1.13 bits per heavy atom. The van der Waals surface area contributed by atoms with Crippen LogP contribution >= 0.6 is 11.8 Å². The van der Waals surface area contributed by atoms with E-state index in [1.165, 1.54) is 22.9 Å². The predicted octanol–water partition coefficient (Wildman–Crippen LogP) is 4.31. The minimum atomic E-state index is -0.322. The van der Waals surface area contributed by atoms with Crippen molar-refractivity contribution in [2.24, 2.45) is 0 Å². The second-order valence-corrected chi connectivity index (χ2v) is 9.36. The van der Waals surface area contributed by atoms with E-state index in [9.17, 15) is 9.59 Å². The smallest absolute Gasteiger partial charge is 0.262 e. The lowest BCUT2D eigenvalue weighted by atomic mass is 10.0. The summed E-state index contributed by atoms with van der Waals surface area (Å²) in [5.74, 6) is 0.605. The number of benzene rings is 2. The number of hydrogen-bond acceptors (Lipinski definition) is 5. The molecule has 0 amide bonds. The normalized spacial score (nSPS) is 14.3. The molecule has 7 heteroatoms. The van der Waals surface area contributed by atoms with Gasteiger partial charge in [0.2, 0.25) is 5.78 Å². The van der Waals surface area contributed by atoms with Crippen molar-refractivity contribution in [2.45, 2.75) is 56.5 Å². The van der Waals surface area contributed by atoms with Crippen LogP contribution in [0.4, 0.5) is 0 Å². The summed E-state index contributed by atoms with van der Waals surface area (Å²) in [6.07, 6.45) is 4.13. The van der Waals surface area contributed by atoms with Gasteiger partial charge >= 0.3 is 0 Å². The third kappa shape index (κ3) is 3.37. The molecule has 0 saturated heterocycles. The van der Waals surface area contributed by atoms with Crippen LogP contribution in [0, 0.1) is 0 Å². The number of aromatic nitrogens is 4. The molecule has 2 heterocycles. The molecule has 158 valence electrons.